The second-order valence-electron chi connectivity index (χ2n) is 6.01. The van der Waals surface area contributed by atoms with Gasteiger partial charge in [-0.05, 0) is 31.5 Å². The smallest absolute Gasteiger partial charge is 0.120 e. The van der Waals surface area contributed by atoms with Crippen molar-refractivity contribution in [1.82, 2.24) is 14.5 Å². The number of nitrogens with zero attached hydrogens (tertiary/aromatic N) is 3. The van der Waals surface area contributed by atoms with Gasteiger partial charge in [-0.3, -0.25) is 4.90 Å². The summed E-state index contributed by atoms with van der Waals surface area (Å²) in [6.07, 6.45) is 6.61. The number of aromatic hydroxyl groups is 1. The van der Waals surface area contributed by atoms with Crippen LogP contribution in [0.4, 0.5) is 0 Å². The molecule has 0 atom stereocenters. The van der Waals surface area contributed by atoms with Gasteiger partial charge in [-0.2, -0.15) is 0 Å². The van der Waals surface area contributed by atoms with Crippen molar-refractivity contribution in [2.24, 2.45) is 0 Å². The van der Waals surface area contributed by atoms with Gasteiger partial charge in [0.15, 0.2) is 0 Å². The minimum Gasteiger partial charge on any atom is -0.508 e. The van der Waals surface area contributed by atoms with Gasteiger partial charge < -0.3 is 14.1 Å². The Morgan fingerprint density at radius 1 is 1.17 bits per heavy atom. The van der Waals surface area contributed by atoms with E-state index in [1.807, 2.05) is 49.8 Å². The number of rotatable bonds is 8. The molecular weight excluding hydrogens is 302 g/mol. The molecule has 0 spiro atoms. The molecule has 0 aliphatic heterocycles. The highest BCUT2D eigenvalue weighted by atomic mass is 16.3. The average molecular weight is 325 g/mol. The molecule has 1 aromatic carbocycles. The van der Waals surface area contributed by atoms with Gasteiger partial charge in [0.2, 0.25) is 0 Å². The Labute approximate surface area is 142 Å². The van der Waals surface area contributed by atoms with E-state index in [2.05, 4.69) is 14.5 Å². The van der Waals surface area contributed by atoms with Crippen molar-refractivity contribution in [2.75, 3.05) is 6.54 Å². The third-order valence-electron chi connectivity index (χ3n) is 4.01. The number of phenolic OH excluding ortho intramolecular Hbond substituents is 1. The van der Waals surface area contributed by atoms with E-state index in [9.17, 15) is 5.11 Å². The molecule has 0 amide bonds. The number of hydrogen-bond acceptors (Lipinski definition) is 4. The summed E-state index contributed by atoms with van der Waals surface area (Å²) in [5.41, 5.74) is 0.934. The zero-order valence-electron chi connectivity index (χ0n) is 13.9. The number of furan rings is 1. The molecule has 126 valence electrons. The first-order valence-electron chi connectivity index (χ1n) is 8.21. The number of aryl methyl sites for hydroxylation is 2. The summed E-state index contributed by atoms with van der Waals surface area (Å²) in [5, 5.41) is 10.0. The number of imidazole rings is 1. The Bertz CT molecular complexity index is 750. The Morgan fingerprint density at radius 2 is 2.04 bits per heavy atom. The fourth-order valence-corrected chi connectivity index (χ4v) is 2.79. The highest BCUT2D eigenvalue weighted by Gasteiger charge is 2.11. The molecule has 0 aliphatic rings. The van der Waals surface area contributed by atoms with Gasteiger partial charge >= 0.3 is 0 Å². The number of aromatic nitrogens is 2. The Kier molecular flexibility index (Phi) is 5.33. The monoisotopic (exact) mass is 325 g/mol. The van der Waals surface area contributed by atoms with Crippen LogP contribution >= 0.6 is 0 Å². The van der Waals surface area contributed by atoms with E-state index in [1.54, 1.807) is 12.3 Å². The van der Waals surface area contributed by atoms with E-state index in [1.165, 1.54) is 0 Å². The largest absolute Gasteiger partial charge is 0.508 e. The zero-order valence-corrected chi connectivity index (χ0v) is 13.9. The van der Waals surface area contributed by atoms with Gasteiger partial charge in [-0.15, -0.1) is 0 Å². The second-order valence-corrected chi connectivity index (χ2v) is 6.01. The van der Waals surface area contributed by atoms with Gasteiger partial charge in [-0.25, -0.2) is 4.98 Å². The summed E-state index contributed by atoms with van der Waals surface area (Å²) in [6.45, 7) is 5.21. The molecule has 0 aliphatic carbocycles. The van der Waals surface area contributed by atoms with E-state index < -0.39 is 0 Å². The van der Waals surface area contributed by atoms with Crippen LogP contribution in [0.3, 0.4) is 0 Å². The van der Waals surface area contributed by atoms with Crippen molar-refractivity contribution in [3.8, 4) is 5.75 Å². The van der Waals surface area contributed by atoms with E-state index in [0.29, 0.717) is 12.3 Å². The van der Waals surface area contributed by atoms with Crippen molar-refractivity contribution in [3.05, 3.63) is 72.2 Å². The number of benzene rings is 1. The minimum atomic E-state index is 0.340. The average Bonchev–Trinajstić information content (AvgIpc) is 3.21. The quantitative estimate of drug-likeness (QED) is 0.688. The van der Waals surface area contributed by atoms with Gasteiger partial charge in [0.1, 0.15) is 17.3 Å². The van der Waals surface area contributed by atoms with Crippen molar-refractivity contribution in [3.63, 3.8) is 0 Å². The lowest BCUT2D eigenvalue weighted by Gasteiger charge is -2.22. The maximum Gasteiger partial charge on any atom is 0.120 e. The predicted molar refractivity (Wildman–Crippen MR) is 92.5 cm³/mol. The Balaban J connectivity index is 1.64. The van der Waals surface area contributed by atoms with E-state index in [4.69, 9.17) is 4.42 Å². The van der Waals surface area contributed by atoms with Crippen LogP contribution in [0.1, 0.15) is 23.5 Å². The van der Waals surface area contributed by atoms with Crippen LogP contribution in [0.5, 0.6) is 5.75 Å². The van der Waals surface area contributed by atoms with E-state index in [0.717, 1.165) is 43.1 Å². The summed E-state index contributed by atoms with van der Waals surface area (Å²) in [6, 6.07) is 11.5. The second kappa shape index (κ2) is 7.84. The first kappa shape index (κ1) is 16.3. The number of hydrogen-bond donors (Lipinski definition) is 1. The third-order valence-corrected chi connectivity index (χ3v) is 4.01. The van der Waals surface area contributed by atoms with Crippen LogP contribution < -0.4 is 0 Å². The van der Waals surface area contributed by atoms with Gasteiger partial charge in [0.25, 0.3) is 0 Å². The lowest BCUT2D eigenvalue weighted by atomic mass is 10.2. The molecular formula is C19H23N3O2. The summed E-state index contributed by atoms with van der Waals surface area (Å²) < 4.78 is 7.79. The molecule has 2 aromatic heterocycles. The van der Waals surface area contributed by atoms with Gasteiger partial charge in [-0.1, -0.05) is 18.2 Å². The molecule has 2 heterocycles. The molecule has 0 bridgehead atoms. The molecule has 5 heteroatoms. The molecule has 24 heavy (non-hydrogen) atoms. The molecule has 0 fully saturated rings. The van der Waals surface area contributed by atoms with Gasteiger partial charge in [0.05, 0.1) is 12.9 Å². The van der Waals surface area contributed by atoms with Crippen LogP contribution in [0.15, 0.2) is 59.5 Å². The number of phenols is 1. The Hall–Kier alpha value is -2.53. The molecule has 0 saturated heterocycles. The Morgan fingerprint density at radius 3 is 2.75 bits per heavy atom. The zero-order chi connectivity index (χ0) is 16.8. The molecule has 1 N–H and O–H groups in total. The maximum atomic E-state index is 10.0. The van der Waals surface area contributed by atoms with Crippen LogP contribution in [0.25, 0.3) is 0 Å². The summed E-state index contributed by atoms with van der Waals surface area (Å²) >= 11 is 0. The van der Waals surface area contributed by atoms with Crippen LogP contribution in [0.2, 0.25) is 0 Å². The first-order valence-corrected chi connectivity index (χ1v) is 8.21. The van der Waals surface area contributed by atoms with Crippen molar-refractivity contribution in [2.45, 2.75) is 33.0 Å². The van der Waals surface area contributed by atoms with Crippen LogP contribution in [0, 0.1) is 6.92 Å². The molecule has 5 nitrogen and oxygen atoms in total. The minimum absolute atomic E-state index is 0.340. The normalized spacial score (nSPS) is 11.2. The fraction of sp³-hybridized carbons (Fsp3) is 0.316. The highest BCUT2D eigenvalue weighted by Crippen LogP contribution is 2.20. The predicted octanol–water partition coefficient (Wildman–Crippen LogP) is 3.58. The van der Waals surface area contributed by atoms with E-state index in [-0.39, 0.29) is 0 Å². The fourth-order valence-electron chi connectivity index (χ4n) is 2.79. The number of para-hydroxylation sites is 1. The molecule has 0 saturated carbocycles. The SMILES string of the molecule is Cc1ccc(CN(CCCn2ccnc2)Cc2ccccc2O)o1. The molecule has 0 radical (unpaired) electrons. The summed E-state index contributed by atoms with van der Waals surface area (Å²) in [5.74, 6) is 2.21. The maximum absolute atomic E-state index is 10.0. The molecule has 3 rings (SSSR count). The summed E-state index contributed by atoms with van der Waals surface area (Å²) in [4.78, 5) is 6.37. The summed E-state index contributed by atoms with van der Waals surface area (Å²) in [7, 11) is 0. The van der Waals surface area contributed by atoms with E-state index >= 15 is 0 Å². The van der Waals surface area contributed by atoms with Crippen molar-refractivity contribution in [1.29, 1.82) is 0 Å². The molecule has 3 aromatic rings. The lowest BCUT2D eigenvalue weighted by Crippen LogP contribution is -2.24. The third kappa shape index (κ3) is 4.49. The van der Waals surface area contributed by atoms with Gasteiger partial charge in [0, 0.05) is 37.6 Å². The standard InChI is InChI=1S/C19H23N3O2/c1-16-7-8-18(24-16)14-22(11-4-10-21-12-9-20-15-21)13-17-5-2-3-6-19(17)23/h2-3,5-9,12,15,23H,4,10-11,13-14H2,1H3. The first-order chi connectivity index (χ1) is 11.7. The topological polar surface area (TPSA) is 54.4 Å². The van der Waals surface area contributed by atoms with Crippen molar-refractivity contribution < 1.29 is 9.52 Å². The molecule has 0 unspecified atom stereocenters. The highest BCUT2D eigenvalue weighted by molar-refractivity contribution is 5.31. The van der Waals surface area contributed by atoms with Crippen LogP contribution in [-0.2, 0) is 19.6 Å². The van der Waals surface area contributed by atoms with Crippen molar-refractivity contribution >= 4 is 0 Å². The van der Waals surface area contributed by atoms with Crippen LogP contribution in [-0.4, -0.2) is 26.1 Å². The lowest BCUT2D eigenvalue weighted by molar-refractivity contribution is 0.225.